The van der Waals surface area contributed by atoms with E-state index in [1.54, 1.807) is 19.1 Å². The van der Waals surface area contributed by atoms with E-state index in [0.717, 1.165) is 54.5 Å². The number of carbonyl (C=O) groups is 2. The molecule has 1 saturated carbocycles. The molecule has 35 heavy (non-hydrogen) atoms. The highest BCUT2D eigenvalue weighted by molar-refractivity contribution is 6.46. The van der Waals surface area contributed by atoms with Gasteiger partial charge >= 0.3 is 0 Å². The summed E-state index contributed by atoms with van der Waals surface area (Å²) >= 11 is 0. The number of likely N-dealkylation sites (tertiary alicyclic amines) is 1. The summed E-state index contributed by atoms with van der Waals surface area (Å²) in [4.78, 5) is 28.6. The topological polar surface area (TPSA) is 76.1 Å². The molecule has 1 N–H and O–H groups in total. The van der Waals surface area contributed by atoms with E-state index in [2.05, 4.69) is 13.8 Å². The number of ketones is 1. The van der Waals surface area contributed by atoms with E-state index in [1.165, 1.54) is 0 Å². The zero-order chi connectivity index (χ0) is 25.3. The van der Waals surface area contributed by atoms with Gasteiger partial charge in [-0.25, -0.2) is 0 Å². The van der Waals surface area contributed by atoms with Gasteiger partial charge in [0, 0.05) is 11.6 Å². The first-order valence-corrected chi connectivity index (χ1v) is 12.4. The number of hydrogen-bond donors (Lipinski definition) is 1. The molecular formula is C29H35NO5. The van der Waals surface area contributed by atoms with Crippen molar-refractivity contribution >= 4 is 17.4 Å². The third-order valence-electron chi connectivity index (χ3n) is 7.33. The Morgan fingerprint density at radius 2 is 1.66 bits per heavy atom. The third-order valence-corrected chi connectivity index (χ3v) is 7.33. The van der Waals surface area contributed by atoms with E-state index < -0.39 is 17.7 Å². The molecule has 1 unspecified atom stereocenters. The molecule has 4 rings (SSSR count). The van der Waals surface area contributed by atoms with E-state index in [1.807, 2.05) is 43.3 Å². The molecule has 2 aromatic rings. The van der Waals surface area contributed by atoms with Crippen LogP contribution in [0.5, 0.6) is 11.5 Å². The van der Waals surface area contributed by atoms with Crippen LogP contribution in [0.2, 0.25) is 0 Å². The molecule has 1 aliphatic heterocycles. The molecule has 1 amide bonds. The summed E-state index contributed by atoms with van der Waals surface area (Å²) in [6.07, 6.45) is 4.91. The van der Waals surface area contributed by atoms with Gasteiger partial charge in [-0.1, -0.05) is 45.2 Å². The second-order valence-corrected chi connectivity index (χ2v) is 9.84. The van der Waals surface area contributed by atoms with Crippen LogP contribution in [0.3, 0.4) is 0 Å². The zero-order valence-corrected chi connectivity index (χ0v) is 21.3. The lowest BCUT2D eigenvalue weighted by atomic mass is 9.89. The second-order valence-electron chi connectivity index (χ2n) is 9.84. The molecule has 2 aliphatic rings. The van der Waals surface area contributed by atoms with Crippen molar-refractivity contribution in [2.75, 3.05) is 14.2 Å². The highest BCUT2D eigenvalue weighted by Gasteiger charge is 2.49. The van der Waals surface area contributed by atoms with Crippen molar-refractivity contribution in [3.05, 3.63) is 64.2 Å². The Kier molecular flexibility index (Phi) is 7.20. The van der Waals surface area contributed by atoms with Gasteiger partial charge in [-0.3, -0.25) is 9.59 Å². The number of Topliss-reactive ketones (excluding diaryl/α,β-unsaturated/α-hetero) is 1. The Bertz CT molecular complexity index is 1140. The van der Waals surface area contributed by atoms with Gasteiger partial charge in [0.15, 0.2) is 0 Å². The first kappa shape index (κ1) is 24.8. The van der Waals surface area contributed by atoms with Crippen LogP contribution in [-0.2, 0) is 9.59 Å². The number of aryl methyl sites for hydroxylation is 1. The standard InChI is InChI=1S/C29H35NO5/c1-17(2)22-16-23(18(3)15-24(22)35-5)27(31)25-26(19-11-13-21(34-4)14-12-19)30(29(33)28(25)32)20-9-7-6-8-10-20/h11-17,20,26,31H,6-10H2,1-5H3/b27-25+. The summed E-state index contributed by atoms with van der Waals surface area (Å²) in [6.45, 7) is 5.98. The number of carbonyl (C=O) groups excluding carboxylic acids is 2. The van der Waals surface area contributed by atoms with E-state index in [-0.39, 0.29) is 23.3 Å². The molecule has 2 fully saturated rings. The SMILES string of the molecule is COc1ccc(C2/C(=C(\O)c3cc(C(C)C)c(OC)cc3C)C(=O)C(=O)N2C2CCCCC2)cc1. The number of ether oxygens (including phenoxy) is 2. The maximum Gasteiger partial charge on any atom is 0.295 e. The summed E-state index contributed by atoms with van der Waals surface area (Å²) in [5.41, 5.74) is 3.19. The lowest BCUT2D eigenvalue weighted by molar-refractivity contribution is -0.141. The van der Waals surface area contributed by atoms with Crippen LogP contribution < -0.4 is 9.47 Å². The third kappa shape index (κ3) is 4.54. The van der Waals surface area contributed by atoms with E-state index >= 15 is 0 Å². The van der Waals surface area contributed by atoms with Gasteiger partial charge in [-0.2, -0.15) is 0 Å². The van der Waals surface area contributed by atoms with E-state index in [4.69, 9.17) is 9.47 Å². The van der Waals surface area contributed by atoms with Gasteiger partial charge < -0.3 is 19.5 Å². The van der Waals surface area contributed by atoms with Crippen LogP contribution in [0.25, 0.3) is 5.76 Å². The predicted molar refractivity (Wildman–Crippen MR) is 136 cm³/mol. The van der Waals surface area contributed by atoms with Crippen molar-refractivity contribution in [1.82, 2.24) is 4.90 Å². The number of aliphatic hydroxyl groups is 1. The van der Waals surface area contributed by atoms with Crippen molar-refractivity contribution in [3.8, 4) is 11.5 Å². The molecule has 0 radical (unpaired) electrons. The average molecular weight is 478 g/mol. The summed E-state index contributed by atoms with van der Waals surface area (Å²) < 4.78 is 10.9. The first-order chi connectivity index (χ1) is 16.8. The molecule has 186 valence electrons. The average Bonchev–Trinajstić information content (AvgIpc) is 3.14. The summed E-state index contributed by atoms with van der Waals surface area (Å²) in [7, 11) is 3.22. The number of aliphatic hydroxyl groups excluding tert-OH is 1. The Morgan fingerprint density at radius 1 is 1.00 bits per heavy atom. The quantitative estimate of drug-likeness (QED) is 0.319. The molecule has 6 nitrogen and oxygen atoms in total. The molecule has 1 aliphatic carbocycles. The van der Waals surface area contributed by atoms with Crippen molar-refractivity contribution in [2.24, 2.45) is 0 Å². The summed E-state index contributed by atoms with van der Waals surface area (Å²) in [5, 5.41) is 11.6. The largest absolute Gasteiger partial charge is 0.507 e. The number of amides is 1. The van der Waals surface area contributed by atoms with Gasteiger partial charge in [0.1, 0.15) is 17.3 Å². The lowest BCUT2D eigenvalue weighted by Gasteiger charge is -2.35. The molecule has 1 atom stereocenters. The highest BCUT2D eigenvalue weighted by atomic mass is 16.5. The number of hydrogen-bond acceptors (Lipinski definition) is 5. The van der Waals surface area contributed by atoms with Crippen molar-refractivity contribution < 1.29 is 24.2 Å². The smallest absolute Gasteiger partial charge is 0.295 e. The summed E-state index contributed by atoms with van der Waals surface area (Å²) in [6, 6.07) is 10.5. The Labute approximate surface area is 207 Å². The minimum Gasteiger partial charge on any atom is -0.507 e. The zero-order valence-electron chi connectivity index (χ0n) is 21.3. The normalized spacial score (nSPS) is 20.5. The highest BCUT2D eigenvalue weighted by Crippen LogP contribution is 2.44. The Morgan fingerprint density at radius 3 is 2.23 bits per heavy atom. The second kappa shape index (κ2) is 10.1. The van der Waals surface area contributed by atoms with Crippen LogP contribution in [0.4, 0.5) is 0 Å². The molecule has 0 aromatic heterocycles. The van der Waals surface area contributed by atoms with Gasteiger partial charge in [-0.15, -0.1) is 0 Å². The van der Waals surface area contributed by atoms with Gasteiger partial charge in [-0.05, 0) is 66.6 Å². The molecule has 2 aromatic carbocycles. The van der Waals surface area contributed by atoms with Crippen LogP contribution in [0, 0.1) is 6.92 Å². The number of rotatable bonds is 6. The molecule has 6 heteroatoms. The first-order valence-electron chi connectivity index (χ1n) is 12.4. The minimum atomic E-state index is -0.645. The van der Waals surface area contributed by atoms with Crippen LogP contribution in [-0.4, -0.2) is 42.0 Å². The lowest BCUT2D eigenvalue weighted by Crippen LogP contribution is -2.40. The maximum atomic E-state index is 13.5. The molecule has 1 saturated heterocycles. The van der Waals surface area contributed by atoms with Gasteiger partial charge in [0.05, 0.1) is 25.8 Å². The molecule has 1 heterocycles. The maximum absolute atomic E-state index is 13.5. The van der Waals surface area contributed by atoms with Crippen LogP contribution in [0.1, 0.15) is 80.2 Å². The van der Waals surface area contributed by atoms with Crippen LogP contribution >= 0.6 is 0 Å². The number of nitrogens with zero attached hydrogens (tertiary/aromatic N) is 1. The molecule has 0 spiro atoms. The van der Waals surface area contributed by atoms with Gasteiger partial charge in [0.25, 0.3) is 11.7 Å². The minimum absolute atomic E-state index is 0.0270. The number of benzene rings is 2. The predicted octanol–water partition coefficient (Wildman–Crippen LogP) is 5.89. The van der Waals surface area contributed by atoms with Crippen molar-refractivity contribution in [2.45, 2.75) is 70.9 Å². The van der Waals surface area contributed by atoms with Gasteiger partial charge in [0.2, 0.25) is 0 Å². The fourth-order valence-electron chi connectivity index (χ4n) is 5.43. The van der Waals surface area contributed by atoms with Crippen molar-refractivity contribution in [1.29, 1.82) is 0 Å². The van der Waals surface area contributed by atoms with E-state index in [9.17, 15) is 14.7 Å². The number of methoxy groups -OCH3 is 2. The Hall–Kier alpha value is -3.28. The Balaban J connectivity index is 1.91. The monoisotopic (exact) mass is 477 g/mol. The molecule has 0 bridgehead atoms. The van der Waals surface area contributed by atoms with Crippen molar-refractivity contribution in [3.63, 3.8) is 0 Å². The van der Waals surface area contributed by atoms with Crippen LogP contribution in [0.15, 0.2) is 42.0 Å². The molecular weight excluding hydrogens is 442 g/mol. The summed E-state index contributed by atoms with van der Waals surface area (Å²) in [5.74, 6) is 0.285. The van der Waals surface area contributed by atoms with E-state index in [0.29, 0.717) is 11.3 Å². The fourth-order valence-corrected chi connectivity index (χ4v) is 5.43. The fraction of sp³-hybridized carbons (Fsp3) is 0.448.